The van der Waals surface area contributed by atoms with Crippen molar-refractivity contribution in [1.29, 1.82) is 0 Å². The molecule has 0 saturated heterocycles. The lowest BCUT2D eigenvalue weighted by molar-refractivity contribution is -0.870. The second-order valence-corrected chi connectivity index (χ2v) is 19.6. The van der Waals surface area contributed by atoms with Gasteiger partial charge in [0.2, 0.25) is 0 Å². The first-order valence-electron chi connectivity index (χ1n) is 25.1. The number of hydrogen-bond acceptors (Lipinski definition) is 7. The highest BCUT2D eigenvalue weighted by Crippen LogP contribution is 2.38. The average molecular weight is 856 g/mol. The van der Waals surface area contributed by atoms with Gasteiger partial charge in [-0.1, -0.05) is 205 Å². The molecule has 2 atom stereocenters. The molecule has 0 radical (unpaired) electrons. The summed E-state index contributed by atoms with van der Waals surface area (Å²) in [4.78, 5) is 25.1. The summed E-state index contributed by atoms with van der Waals surface area (Å²) in [6, 6.07) is 0. The predicted octanol–water partition coefficient (Wildman–Crippen LogP) is 14.5. The van der Waals surface area contributed by atoms with Crippen molar-refractivity contribution in [1.82, 2.24) is 0 Å². The summed E-state index contributed by atoms with van der Waals surface area (Å²) in [5.41, 5.74) is 0. The van der Waals surface area contributed by atoms with E-state index in [0.29, 0.717) is 24.1 Å². The molecule has 0 aromatic rings. The highest BCUT2D eigenvalue weighted by atomic mass is 31.2. The Morgan fingerprint density at radius 2 is 0.932 bits per heavy atom. The Balaban J connectivity index is 4.07. The van der Waals surface area contributed by atoms with E-state index in [1.54, 1.807) is 0 Å². The fraction of sp³-hybridized carbons (Fsp3) is 0.900. The number of rotatable bonds is 47. The van der Waals surface area contributed by atoms with E-state index in [0.717, 1.165) is 38.5 Å². The lowest BCUT2D eigenvalue weighted by atomic mass is 10.0. The van der Waals surface area contributed by atoms with Crippen LogP contribution in [0.4, 0.5) is 0 Å². The van der Waals surface area contributed by atoms with E-state index in [2.05, 4.69) is 38.2 Å². The smallest absolute Gasteiger partial charge is 0.306 e. The van der Waals surface area contributed by atoms with Crippen LogP contribution in [0.1, 0.15) is 232 Å². The maximum Gasteiger partial charge on any atom is 0.306 e. The first-order valence-corrected chi connectivity index (χ1v) is 26.5. The quantitative estimate of drug-likeness (QED) is 0.0198. The van der Waals surface area contributed by atoms with Gasteiger partial charge in [-0.15, -0.1) is 0 Å². The standard InChI is InChI=1S/C50H98NO7P/c1-6-8-10-12-14-16-18-20-21-22-23-24-25-26-27-28-29-30-32-34-36-38-40-42-45-55-47-49(48-57-59(53,54)56-46-44-51(3,4)5)58-50(52)43-41-39-37-35-33-31-19-17-15-13-11-9-7-2/h18,20,22-23,49H,6-17,19,21,24-48H2,1-5H3/b20-18-,23-22-. The van der Waals surface area contributed by atoms with Gasteiger partial charge in [0, 0.05) is 13.0 Å². The number of carbonyl (C=O) groups is 1. The van der Waals surface area contributed by atoms with Crippen molar-refractivity contribution in [2.45, 2.75) is 238 Å². The molecule has 59 heavy (non-hydrogen) atoms. The Bertz CT molecular complexity index is 998. The lowest BCUT2D eigenvalue weighted by Gasteiger charge is -2.28. The number of quaternary nitrogens is 1. The second kappa shape index (κ2) is 43.6. The predicted molar refractivity (Wildman–Crippen MR) is 250 cm³/mol. The maximum absolute atomic E-state index is 12.7. The van der Waals surface area contributed by atoms with Crippen LogP contribution in [-0.2, 0) is 27.9 Å². The van der Waals surface area contributed by atoms with Crippen LogP contribution in [-0.4, -0.2) is 70.7 Å². The maximum atomic E-state index is 12.7. The third-order valence-electron chi connectivity index (χ3n) is 11.0. The molecule has 9 heteroatoms. The first kappa shape index (κ1) is 58.0. The van der Waals surface area contributed by atoms with Crippen LogP contribution < -0.4 is 4.89 Å². The van der Waals surface area contributed by atoms with Crippen LogP contribution in [0.5, 0.6) is 0 Å². The highest BCUT2D eigenvalue weighted by Gasteiger charge is 2.20. The average Bonchev–Trinajstić information content (AvgIpc) is 3.19. The molecule has 0 aromatic heterocycles. The van der Waals surface area contributed by atoms with Crippen LogP contribution in [0.3, 0.4) is 0 Å². The zero-order valence-corrected chi connectivity index (χ0v) is 40.6. The summed E-state index contributed by atoms with van der Waals surface area (Å²) in [6.07, 6.45) is 50.6. The third kappa shape index (κ3) is 47.9. The van der Waals surface area contributed by atoms with E-state index in [1.807, 2.05) is 21.1 Å². The SMILES string of the molecule is CCCCCCC/C=C\C/C=C\CCCCCCCCCCCCCCOCC(COP(=O)([O-])OCC[N+](C)(C)C)OC(=O)CCCCCCCCCCCCCCC. The van der Waals surface area contributed by atoms with E-state index in [4.69, 9.17) is 18.5 Å². The van der Waals surface area contributed by atoms with Crippen molar-refractivity contribution in [3.8, 4) is 0 Å². The summed E-state index contributed by atoms with van der Waals surface area (Å²) in [7, 11) is 1.37. The minimum atomic E-state index is -4.52. The molecule has 0 heterocycles. The Morgan fingerprint density at radius 3 is 1.37 bits per heavy atom. The van der Waals surface area contributed by atoms with Gasteiger partial charge in [-0.25, -0.2) is 0 Å². The Morgan fingerprint density at radius 1 is 0.525 bits per heavy atom. The van der Waals surface area contributed by atoms with Gasteiger partial charge in [-0.05, 0) is 44.9 Å². The Kier molecular flexibility index (Phi) is 42.9. The molecule has 0 saturated carbocycles. The van der Waals surface area contributed by atoms with Crippen LogP contribution in [0.25, 0.3) is 0 Å². The summed E-state index contributed by atoms with van der Waals surface area (Å²) >= 11 is 0. The number of unbranched alkanes of at least 4 members (excludes halogenated alkanes) is 29. The molecular formula is C50H98NO7P. The number of esters is 1. The largest absolute Gasteiger partial charge is 0.756 e. The molecule has 350 valence electrons. The molecule has 0 aliphatic rings. The van der Waals surface area contributed by atoms with Crippen LogP contribution in [0.15, 0.2) is 24.3 Å². The Hall–Kier alpha value is -1.02. The van der Waals surface area contributed by atoms with Crippen molar-refractivity contribution in [2.75, 3.05) is 54.1 Å². The fourth-order valence-electron chi connectivity index (χ4n) is 7.11. The number of likely N-dealkylation sites (N-methyl/N-ethyl adjacent to an activating group) is 1. The van der Waals surface area contributed by atoms with Gasteiger partial charge in [-0.3, -0.25) is 9.36 Å². The number of allylic oxidation sites excluding steroid dienone is 4. The molecular weight excluding hydrogens is 758 g/mol. The number of nitrogens with zero attached hydrogens (tertiary/aromatic N) is 1. The van der Waals surface area contributed by atoms with Crippen molar-refractivity contribution in [2.24, 2.45) is 0 Å². The van der Waals surface area contributed by atoms with Gasteiger partial charge in [0.05, 0.1) is 34.4 Å². The fourth-order valence-corrected chi connectivity index (χ4v) is 7.84. The van der Waals surface area contributed by atoms with Crippen molar-refractivity contribution in [3.05, 3.63) is 24.3 Å². The Labute approximate surface area is 366 Å². The molecule has 0 N–H and O–H groups in total. The van der Waals surface area contributed by atoms with Crippen LogP contribution >= 0.6 is 7.82 Å². The van der Waals surface area contributed by atoms with Gasteiger partial charge in [-0.2, -0.15) is 0 Å². The summed E-state index contributed by atoms with van der Waals surface area (Å²) in [5, 5.41) is 0. The number of carbonyl (C=O) groups excluding carboxylic acids is 1. The molecule has 0 aliphatic carbocycles. The molecule has 0 aliphatic heterocycles. The zero-order chi connectivity index (χ0) is 43.4. The van der Waals surface area contributed by atoms with E-state index in [-0.39, 0.29) is 25.8 Å². The molecule has 0 fully saturated rings. The lowest BCUT2D eigenvalue weighted by Crippen LogP contribution is -2.37. The monoisotopic (exact) mass is 856 g/mol. The highest BCUT2D eigenvalue weighted by molar-refractivity contribution is 7.45. The van der Waals surface area contributed by atoms with Crippen molar-refractivity contribution in [3.63, 3.8) is 0 Å². The minimum absolute atomic E-state index is 0.0284. The summed E-state index contributed by atoms with van der Waals surface area (Å²) in [6.45, 7) is 5.44. The van der Waals surface area contributed by atoms with Gasteiger partial charge >= 0.3 is 5.97 Å². The van der Waals surface area contributed by atoms with Crippen LogP contribution in [0.2, 0.25) is 0 Å². The van der Waals surface area contributed by atoms with Crippen molar-refractivity contribution < 1.29 is 37.3 Å². The van der Waals surface area contributed by atoms with Gasteiger partial charge < -0.3 is 27.9 Å². The molecule has 0 rings (SSSR count). The summed E-state index contributed by atoms with van der Waals surface area (Å²) in [5.74, 6) is -0.331. The topological polar surface area (TPSA) is 94.1 Å². The molecule has 0 spiro atoms. The summed E-state index contributed by atoms with van der Waals surface area (Å²) < 4.78 is 34.7. The van der Waals surface area contributed by atoms with E-state index >= 15 is 0 Å². The second-order valence-electron chi connectivity index (χ2n) is 18.2. The van der Waals surface area contributed by atoms with E-state index < -0.39 is 13.9 Å². The number of ether oxygens (including phenoxy) is 2. The normalized spacial score (nSPS) is 13.8. The first-order chi connectivity index (χ1) is 28.6. The number of hydrogen-bond donors (Lipinski definition) is 0. The number of phosphoric acid groups is 1. The molecule has 0 bridgehead atoms. The zero-order valence-electron chi connectivity index (χ0n) is 39.7. The third-order valence-corrected chi connectivity index (χ3v) is 12.0. The molecule has 0 aromatic carbocycles. The van der Waals surface area contributed by atoms with Gasteiger partial charge in [0.1, 0.15) is 19.3 Å². The minimum Gasteiger partial charge on any atom is -0.756 e. The van der Waals surface area contributed by atoms with Gasteiger partial charge in [0.15, 0.2) is 0 Å². The van der Waals surface area contributed by atoms with Crippen LogP contribution in [0, 0.1) is 0 Å². The van der Waals surface area contributed by atoms with E-state index in [9.17, 15) is 14.3 Å². The molecule has 8 nitrogen and oxygen atoms in total. The number of phosphoric ester groups is 1. The van der Waals surface area contributed by atoms with Crippen molar-refractivity contribution >= 4 is 13.8 Å². The molecule has 0 amide bonds. The molecule has 2 unspecified atom stereocenters. The van der Waals surface area contributed by atoms with Gasteiger partial charge in [0.25, 0.3) is 7.82 Å². The van der Waals surface area contributed by atoms with E-state index in [1.165, 1.54) is 173 Å².